The molecule has 2 aliphatic rings. The van der Waals surface area contributed by atoms with Crippen LogP contribution < -0.4 is 0 Å². The van der Waals surface area contributed by atoms with Crippen molar-refractivity contribution in [3.63, 3.8) is 0 Å². The summed E-state index contributed by atoms with van der Waals surface area (Å²) in [5.41, 5.74) is 0. The van der Waals surface area contributed by atoms with Crippen LogP contribution in [0.3, 0.4) is 0 Å². The molecule has 2 fully saturated rings. The van der Waals surface area contributed by atoms with Crippen molar-refractivity contribution in [1.82, 2.24) is 4.90 Å². The highest BCUT2D eigenvalue weighted by atomic mass is 16.3. The highest BCUT2D eigenvalue weighted by molar-refractivity contribution is 4.84. The van der Waals surface area contributed by atoms with Gasteiger partial charge < -0.3 is 5.11 Å². The molecule has 1 aliphatic carbocycles. The standard InChI is InChI=1S/C13H25NO/c1-10-3-5-12(6-4-10)14-8-7-11(2)13(15)9-14/h10-13,15H,3-9H2,1-2H3. The van der Waals surface area contributed by atoms with Gasteiger partial charge in [0.15, 0.2) is 0 Å². The third kappa shape index (κ3) is 2.73. The Hall–Kier alpha value is -0.0800. The summed E-state index contributed by atoms with van der Waals surface area (Å²) >= 11 is 0. The lowest BCUT2D eigenvalue weighted by Gasteiger charge is -2.41. The van der Waals surface area contributed by atoms with Crippen molar-refractivity contribution in [2.45, 2.75) is 58.1 Å². The van der Waals surface area contributed by atoms with Crippen LogP contribution in [0.15, 0.2) is 0 Å². The molecule has 15 heavy (non-hydrogen) atoms. The SMILES string of the molecule is CC1CCC(N2CCC(C)C(O)C2)CC1. The first-order valence-electron chi connectivity index (χ1n) is 6.59. The lowest BCUT2D eigenvalue weighted by atomic mass is 9.85. The van der Waals surface area contributed by atoms with Crippen LogP contribution in [-0.2, 0) is 0 Å². The Balaban J connectivity index is 1.84. The highest BCUT2D eigenvalue weighted by Gasteiger charge is 2.30. The van der Waals surface area contributed by atoms with Crippen LogP contribution in [0, 0.1) is 11.8 Å². The molecule has 1 N–H and O–H groups in total. The van der Waals surface area contributed by atoms with E-state index in [0.717, 1.165) is 18.5 Å². The molecule has 0 aromatic heterocycles. The third-order valence-electron chi connectivity index (χ3n) is 4.45. The molecule has 2 rings (SSSR count). The van der Waals surface area contributed by atoms with Gasteiger partial charge in [0, 0.05) is 12.6 Å². The molecular weight excluding hydrogens is 186 g/mol. The Morgan fingerprint density at radius 3 is 2.27 bits per heavy atom. The summed E-state index contributed by atoms with van der Waals surface area (Å²) in [5.74, 6) is 1.43. The molecule has 2 atom stereocenters. The average Bonchev–Trinajstić information content (AvgIpc) is 2.23. The Kier molecular flexibility index (Phi) is 3.68. The van der Waals surface area contributed by atoms with Gasteiger partial charge in [-0.2, -0.15) is 0 Å². The van der Waals surface area contributed by atoms with Crippen molar-refractivity contribution in [3.05, 3.63) is 0 Å². The molecule has 0 radical (unpaired) electrons. The minimum absolute atomic E-state index is 0.0851. The largest absolute Gasteiger partial charge is 0.392 e. The van der Waals surface area contributed by atoms with Crippen LogP contribution in [0.5, 0.6) is 0 Å². The van der Waals surface area contributed by atoms with E-state index < -0.39 is 0 Å². The molecule has 0 spiro atoms. The summed E-state index contributed by atoms with van der Waals surface area (Å²) in [6.07, 6.45) is 6.55. The zero-order valence-corrected chi connectivity index (χ0v) is 10.2. The predicted octanol–water partition coefficient (Wildman–Crippen LogP) is 2.27. The molecule has 88 valence electrons. The summed E-state index contributed by atoms with van der Waals surface area (Å²) in [6, 6.07) is 0.767. The Bertz CT molecular complexity index is 199. The molecule has 2 nitrogen and oxygen atoms in total. The van der Waals surface area contributed by atoms with Crippen LogP contribution in [0.1, 0.15) is 46.0 Å². The number of nitrogens with zero attached hydrogens (tertiary/aromatic N) is 1. The van der Waals surface area contributed by atoms with Crippen molar-refractivity contribution in [2.24, 2.45) is 11.8 Å². The molecule has 2 heteroatoms. The topological polar surface area (TPSA) is 23.5 Å². The number of likely N-dealkylation sites (tertiary alicyclic amines) is 1. The van der Waals surface area contributed by atoms with Gasteiger partial charge in [0.2, 0.25) is 0 Å². The van der Waals surface area contributed by atoms with Crippen molar-refractivity contribution < 1.29 is 5.11 Å². The minimum atomic E-state index is -0.0851. The zero-order valence-electron chi connectivity index (χ0n) is 10.2. The Morgan fingerprint density at radius 1 is 1.00 bits per heavy atom. The van der Waals surface area contributed by atoms with Crippen molar-refractivity contribution >= 4 is 0 Å². The van der Waals surface area contributed by atoms with Crippen molar-refractivity contribution in [3.8, 4) is 0 Å². The van der Waals surface area contributed by atoms with E-state index in [0.29, 0.717) is 5.92 Å². The lowest BCUT2D eigenvalue weighted by molar-refractivity contribution is -0.0000415. The molecule has 1 saturated heterocycles. The number of piperidine rings is 1. The highest BCUT2D eigenvalue weighted by Crippen LogP contribution is 2.29. The Morgan fingerprint density at radius 2 is 1.67 bits per heavy atom. The van der Waals surface area contributed by atoms with E-state index in [2.05, 4.69) is 18.7 Å². The smallest absolute Gasteiger partial charge is 0.0693 e. The van der Waals surface area contributed by atoms with Crippen LogP contribution in [0.2, 0.25) is 0 Å². The molecule has 2 unspecified atom stereocenters. The fourth-order valence-corrected chi connectivity index (χ4v) is 3.01. The second kappa shape index (κ2) is 4.84. The third-order valence-corrected chi connectivity index (χ3v) is 4.45. The molecule has 0 aromatic rings. The molecule has 1 heterocycles. The molecule has 1 aliphatic heterocycles. The van der Waals surface area contributed by atoms with Crippen molar-refractivity contribution in [2.75, 3.05) is 13.1 Å². The Labute approximate surface area is 93.7 Å². The van der Waals surface area contributed by atoms with Gasteiger partial charge in [-0.3, -0.25) is 4.90 Å². The van der Waals surface area contributed by atoms with Crippen LogP contribution in [0.25, 0.3) is 0 Å². The molecule has 0 aromatic carbocycles. The number of β-amino-alcohol motifs (C(OH)–C–C–N with tert-alkyl or cyclic N) is 1. The fourth-order valence-electron chi connectivity index (χ4n) is 3.01. The van der Waals surface area contributed by atoms with Gasteiger partial charge in [-0.1, -0.05) is 13.8 Å². The fraction of sp³-hybridized carbons (Fsp3) is 1.00. The second-order valence-electron chi connectivity index (χ2n) is 5.74. The average molecular weight is 211 g/mol. The van der Waals surface area contributed by atoms with Crippen molar-refractivity contribution in [1.29, 1.82) is 0 Å². The van der Waals surface area contributed by atoms with E-state index in [9.17, 15) is 5.11 Å². The quantitative estimate of drug-likeness (QED) is 0.719. The number of aliphatic hydroxyl groups excluding tert-OH is 1. The minimum Gasteiger partial charge on any atom is -0.392 e. The second-order valence-corrected chi connectivity index (χ2v) is 5.74. The van der Waals surface area contributed by atoms with Gasteiger partial charge >= 0.3 is 0 Å². The van der Waals surface area contributed by atoms with E-state index in [1.54, 1.807) is 0 Å². The maximum Gasteiger partial charge on any atom is 0.0693 e. The van der Waals surface area contributed by atoms with E-state index in [4.69, 9.17) is 0 Å². The van der Waals surface area contributed by atoms with Gasteiger partial charge in [-0.15, -0.1) is 0 Å². The number of rotatable bonds is 1. The predicted molar refractivity (Wildman–Crippen MR) is 62.8 cm³/mol. The monoisotopic (exact) mass is 211 g/mol. The van der Waals surface area contributed by atoms with E-state index in [1.807, 2.05) is 0 Å². The summed E-state index contributed by atoms with van der Waals surface area (Å²) in [6.45, 7) is 6.66. The molecule has 0 bridgehead atoms. The summed E-state index contributed by atoms with van der Waals surface area (Å²) in [4.78, 5) is 2.54. The molecule has 1 saturated carbocycles. The van der Waals surface area contributed by atoms with Crippen LogP contribution in [-0.4, -0.2) is 35.2 Å². The first-order valence-corrected chi connectivity index (χ1v) is 6.59. The number of hydrogen-bond acceptors (Lipinski definition) is 2. The van der Waals surface area contributed by atoms with Gasteiger partial charge in [-0.25, -0.2) is 0 Å². The van der Waals surface area contributed by atoms with Gasteiger partial charge in [0.25, 0.3) is 0 Å². The normalized spacial score (nSPS) is 44.2. The van der Waals surface area contributed by atoms with Crippen LogP contribution >= 0.6 is 0 Å². The number of aliphatic hydroxyl groups is 1. The lowest BCUT2D eigenvalue weighted by Crippen LogP contribution is -2.48. The summed E-state index contributed by atoms with van der Waals surface area (Å²) < 4.78 is 0. The van der Waals surface area contributed by atoms with E-state index in [-0.39, 0.29) is 6.10 Å². The first kappa shape index (κ1) is 11.4. The van der Waals surface area contributed by atoms with Gasteiger partial charge in [-0.05, 0) is 50.5 Å². The van der Waals surface area contributed by atoms with Crippen LogP contribution in [0.4, 0.5) is 0 Å². The van der Waals surface area contributed by atoms with E-state index in [1.165, 1.54) is 38.6 Å². The summed E-state index contributed by atoms with van der Waals surface area (Å²) in [5, 5.41) is 9.89. The maximum absolute atomic E-state index is 9.89. The zero-order chi connectivity index (χ0) is 10.8. The molecular formula is C13H25NO. The van der Waals surface area contributed by atoms with Gasteiger partial charge in [0.05, 0.1) is 6.10 Å². The summed E-state index contributed by atoms with van der Waals surface area (Å²) in [7, 11) is 0. The molecule has 0 amide bonds. The number of hydrogen-bond donors (Lipinski definition) is 1. The maximum atomic E-state index is 9.89. The van der Waals surface area contributed by atoms with Gasteiger partial charge in [0.1, 0.15) is 0 Å². The first-order chi connectivity index (χ1) is 7.16. The van der Waals surface area contributed by atoms with E-state index >= 15 is 0 Å².